The quantitative estimate of drug-likeness (QED) is 0.922. The number of hydrogen-bond acceptors (Lipinski definition) is 4. The van der Waals surface area contributed by atoms with E-state index < -0.39 is 21.1 Å². The third-order valence-electron chi connectivity index (χ3n) is 3.92. The van der Waals surface area contributed by atoms with Gasteiger partial charge in [0.25, 0.3) is 0 Å². The van der Waals surface area contributed by atoms with Crippen molar-refractivity contribution in [2.24, 2.45) is 5.92 Å². The lowest BCUT2D eigenvalue weighted by atomic mass is 9.98. The lowest BCUT2D eigenvalue weighted by molar-refractivity contribution is -0.141. The maximum absolute atomic E-state index is 12.1. The van der Waals surface area contributed by atoms with Crippen molar-refractivity contribution in [3.63, 3.8) is 0 Å². The van der Waals surface area contributed by atoms with E-state index in [1.54, 1.807) is 38.1 Å². The number of benzene rings is 1. The van der Waals surface area contributed by atoms with Crippen molar-refractivity contribution in [3.8, 4) is 0 Å². The molecule has 2 rings (SSSR count). The van der Waals surface area contributed by atoms with Crippen LogP contribution >= 0.6 is 0 Å². The summed E-state index contributed by atoms with van der Waals surface area (Å²) in [6, 6.07) is 6.74. The summed E-state index contributed by atoms with van der Waals surface area (Å²) in [4.78, 5) is 13.4. The minimum absolute atomic E-state index is 0.313. The highest BCUT2D eigenvalue weighted by molar-refractivity contribution is 7.92. The van der Waals surface area contributed by atoms with Gasteiger partial charge in [0.15, 0.2) is 9.84 Å². The van der Waals surface area contributed by atoms with E-state index in [0.29, 0.717) is 17.9 Å². The summed E-state index contributed by atoms with van der Waals surface area (Å²) in [7, 11) is -3.26. The third kappa shape index (κ3) is 3.37. The summed E-state index contributed by atoms with van der Waals surface area (Å²) < 4.78 is 24.1. The highest BCUT2D eigenvalue weighted by atomic mass is 32.2. The molecular formula is C15H21NO4S. The summed E-state index contributed by atoms with van der Waals surface area (Å²) in [6.45, 7) is 4.60. The Bertz CT molecular complexity index is 607. The standard InChI is InChI=1S/C15H21NO4S/c1-11(2)21(19,20)14-7-5-13(6-8-14)16-9-3-4-12(10-16)15(17)18/h5-8,11-12H,3-4,9-10H2,1-2H3,(H,17,18). The van der Waals surface area contributed by atoms with Gasteiger partial charge in [0.2, 0.25) is 0 Å². The Hall–Kier alpha value is -1.56. The molecule has 0 aromatic heterocycles. The molecule has 1 aliphatic rings. The van der Waals surface area contributed by atoms with Crippen LogP contribution in [0.3, 0.4) is 0 Å². The zero-order chi connectivity index (χ0) is 15.6. The second kappa shape index (κ2) is 6.05. The Morgan fingerprint density at radius 2 is 1.90 bits per heavy atom. The smallest absolute Gasteiger partial charge is 0.308 e. The first kappa shape index (κ1) is 15.8. The van der Waals surface area contributed by atoms with Crippen molar-refractivity contribution in [1.29, 1.82) is 0 Å². The molecule has 1 atom stereocenters. The van der Waals surface area contributed by atoms with Gasteiger partial charge in [-0.25, -0.2) is 8.42 Å². The number of carbonyl (C=O) groups is 1. The largest absolute Gasteiger partial charge is 0.481 e. The molecule has 6 heteroatoms. The van der Waals surface area contributed by atoms with Crippen LogP contribution in [-0.2, 0) is 14.6 Å². The fraction of sp³-hybridized carbons (Fsp3) is 0.533. The van der Waals surface area contributed by atoms with Crippen LogP contribution in [0.1, 0.15) is 26.7 Å². The molecule has 1 saturated heterocycles. The summed E-state index contributed by atoms with van der Waals surface area (Å²) in [5.74, 6) is -1.11. The maximum Gasteiger partial charge on any atom is 0.308 e. The van der Waals surface area contributed by atoms with Crippen LogP contribution in [0.4, 0.5) is 5.69 Å². The van der Waals surface area contributed by atoms with E-state index in [0.717, 1.165) is 18.7 Å². The first-order chi connectivity index (χ1) is 9.82. The fourth-order valence-electron chi connectivity index (χ4n) is 2.53. The summed E-state index contributed by atoms with van der Waals surface area (Å²) >= 11 is 0. The summed E-state index contributed by atoms with van der Waals surface area (Å²) in [6.07, 6.45) is 1.54. The molecular weight excluding hydrogens is 290 g/mol. The molecule has 1 unspecified atom stereocenters. The minimum Gasteiger partial charge on any atom is -0.481 e. The molecule has 1 aliphatic heterocycles. The molecule has 1 N–H and O–H groups in total. The third-order valence-corrected chi connectivity index (χ3v) is 6.09. The van der Waals surface area contributed by atoms with Gasteiger partial charge in [-0.3, -0.25) is 4.79 Å². The molecule has 1 heterocycles. The Labute approximate surface area is 125 Å². The predicted molar refractivity (Wildman–Crippen MR) is 81.3 cm³/mol. The molecule has 0 spiro atoms. The van der Waals surface area contributed by atoms with Crippen LogP contribution in [0, 0.1) is 5.92 Å². The van der Waals surface area contributed by atoms with Crippen molar-refractivity contribution < 1.29 is 18.3 Å². The predicted octanol–water partition coefficient (Wildman–Crippen LogP) is 2.17. The van der Waals surface area contributed by atoms with Crippen molar-refractivity contribution in [3.05, 3.63) is 24.3 Å². The van der Waals surface area contributed by atoms with E-state index in [-0.39, 0.29) is 5.92 Å². The van der Waals surface area contributed by atoms with E-state index in [1.807, 2.05) is 4.90 Å². The van der Waals surface area contributed by atoms with E-state index in [1.165, 1.54) is 0 Å². The van der Waals surface area contributed by atoms with Crippen LogP contribution < -0.4 is 4.90 Å². The molecule has 0 bridgehead atoms. The molecule has 0 radical (unpaired) electrons. The average Bonchev–Trinajstić information content (AvgIpc) is 2.47. The highest BCUT2D eigenvalue weighted by Crippen LogP contribution is 2.25. The number of piperidine rings is 1. The van der Waals surface area contributed by atoms with Gasteiger partial charge in [-0.05, 0) is 51.0 Å². The first-order valence-corrected chi connectivity index (χ1v) is 8.68. The molecule has 116 valence electrons. The number of nitrogens with zero attached hydrogens (tertiary/aromatic N) is 1. The molecule has 1 aromatic rings. The maximum atomic E-state index is 12.1. The van der Waals surface area contributed by atoms with E-state index in [4.69, 9.17) is 5.11 Å². The Morgan fingerprint density at radius 3 is 2.43 bits per heavy atom. The van der Waals surface area contributed by atoms with Gasteiger partial charge in [-0.1, -0.05) is 0 Å². The Kier molecular flexibility index (Phi) is 4.56. The van der Waals surface area contributed by atoms with Crippen molar-refractivity contribution in [2.45, 2.75) is 36.8 Å². The second-order valence-electron chi connectivity index (χ2n) is 5.71. The number of carboxylic acid groups (broad SMARTS) is 1. The van der Waals surface area contributed by atoms with Crippen molar-refractivity contribution in [2.75, 3.05) is 18.0 Å². The van der Waals surface area contributed by atoms with Gasteiger partial charge in [0, 0.05) is 18.8 Å². The van der Waals surface area contributed by atoms with Crippen molar-refractivity contribution >= 4 is 21.5 Å². The fourth-order valence-corrected chi connectivity index (χ4v) is 3.59. The van der Waals surface area contributed by atoms with Gasteiger partial charge in [0.1, 0.15) is 0 Å². The van der Waals surface area contributed by atoms with Gasteiger partial charge in [-0.2, -0.15) is 0 Å². The second-order valence-corrected chi connectivity index (χ2v) is 8.22. The lowest BCUT2D eigenvalue weighted by Gasteiger charge is -2.32. The van der Waals surface area contributed by atoms with Gasteiger partial charge in [-0.15, -0.1) is 0 Å². The monoisotopic (exact) mass is 311 g/mol. The molecule has 1 aromatic carbocycles. The summed E-state index contributed by atoms with van der Waals surface area (Å²) in [5.41, 5.74) is 0.878. The number of rotatable bonds is 4. The van der Waals surface area contributed by atoms with Gasteiger partial charge < -0.3 is 10.0 Å². The van der Waals surface area contributed by atoms with E-state index in [9.17, 15) is 13.2 Å². The molecule has 21 heavy (non-hydrogen) atoms. The number of sulfone groups is 1. The zero-order valence-electron chi connectivity index (χ0n) is 12.3. The SMILES string of the molecule is CC(C)S(=O)(=O)c1ccc(N2CCCC(C(=O)O)C2)cc1. The van der Waals surface area contributed by atoms with Gasteiger partial charge >= 0.3 is 5.97 Å². The molecule has 0 saturated carbocycles. The van der Waals surface area contributed by atoms with Gasteiger partial charge in [0.05, 0.1) is 16.1 Å². The van der Waals surface area contributed by atoms with E-state index in [2.05, 4.69) is 0 Å². The molecule has 5 nitrogen and oxygen atoms in total. The normalized spacial score (nSPS) is 19.8. The molecule has 0 aliphatic carbocycles. The zero-order valence-corrected chi connectivity index (χ0v) is 13.1. The molecule has 1 fully saturated rings. The number of carboxylic acids is 1. The number of anilines is 1. The number of hydrogen-bond donors (Lipinski definition) is 1. The lowest BCUT2D eigenvalue weighted by Crippen LogP contribution is -2.38. The minimum atomic E-state index is -3.26. The van der Waals surface area contributed by atoms with Crippen LogP contribution in [0.2, 0.25) is 0 Å². The van der Waals surface area contributed by atoms with Crippen LogP contribution in [0.25, 0.3) is 0 Å². The first-order valence-electron chi connectivity index (χ1n) is 7.14. The highest BCUT2D eigenvalue weighted by Gasteiger charge is 2.26. The van der Waals surface area contributed by atoms with E-state index >= 15 is 0 Å². The average molecular weight is 311 g/mol. The van der Waals surface area contributed by atoms with Crippen LogP contribution in [-0.4, -0.2) is 37.8 Å². The van der Waals surface area contributed by atoms with Crippen LogP contribution in [0.15, 0.2) is 29.2 Å². The summed E-state index contributed by atoms with van der Waals surface area (Å²) in [5, 5.41) is 8.66. The topological polar surface area (TPSA) is 74.7 Å². The number of aliphatic carboxylic acids is 1. The van der Waals surface area contributed by atoms with Crippen LogP contribution in [0.5, 0.6) is 0 Å². The molecule has 0 amide bonds. The Balaban J connectivity index is 2.18. The Morgan fingerprint density at radius 1 is 1.29 bits per heavy atom. The van der Waals surface area contributed by atoms with Crippen molar-refractivity contribution in [1.82, 2.24) is 0 Å².